The van der Waals surface area contributed by atoms with Crippen molar-refractivity contribution in [3.05, 3.63) is 34.9 Å². The normalized spacial score (nSPS) is 22.1. The van der Waals surface area contributed by atoms with E-state index in [1.54, 1.807) is 6.92 Å². The van der Waals surface area contributed by atoms with Gasteiger partial charge in [-0.15, -0.1) is 0 Å². The third-order valence-corrected chi connectivity index (χ3v) is 6.13. The van der Waals surface area contributed by atoms with Gasteiger partial charge in [-0.25, -0.2) is 0 Å². The summed E-state index contributed by atoms with van der Waals surface area (Å²) in [5.74, 6) is 1.29. The monoisotopic (exact) mass is 331 g/mol. The highest BCUT2D eigenvalue weighted by molar-refractivity contribution is 8.13. The number of fused-ring (bicyclic) bond motifs is 1. The van der Waals surface area contributed by atoms with E-state index in [1.807, 2.05) is 4.90 Å². The predicted octanol–water partition coefficient (Wildman–Crippen LogP) is 3.75. The van der Waals surface area contributed by atoms with Gasteiger partial charge >= 0.3 is 0 Å². The van der Waals surface area contributed by atoms with Gasteiger partial charge in [-0.1, -0.05) is 30.0 Å². The van der Waals surface area contributed by atoms with Crippen LogP contribution in [0.1, 0.15) is 55.8 Å². The molecule has 1 aromatic carbocycles. The summed E-state index contributed by atoms with van der Waals surface area (Å²) in [6.45, 7) is 4.50. The molecule has 0 aromatic heterocycles. The molecule has 0 spiro atoms. The molecule has 4 heteroatoms. The topological polar surface area (TPSA) is 37.4 Å². The van der Waals surface area contributed by atoms with Crippen LogP contribution in [0.3, 0.4) is 0 Å². The van der Waals surface area contributed by atoms with E-state index in [4.69, 9.17) is 0 Å². The van der Waals surface area contributed by atoms with Crippen molar-refractivity contribution in [1.29, 1.82) is 0 Å². The van der Waals surface area contributed by atoms with E-state index in [0.717, 1.165) is 12.3 Å². The number of hydrogen-bond acceptors (Lipinski definition) is 3. The molecule has 1 aromatic rings. The minimum Gasteiger partial charge on any atom is -0.336 e. The highest BCUT2D eigenvalue weighted by Gasteiger charge is 2.33. The number of aryl methyl sites for hydroxylation is 2. The van der Waals surface area contributed by atoms with E-state index >= 15 is 0 Å². The number of carbonyl (C=O) groups is 2. The number of thioether (sulfide) groups is 1. The van der Waals surface area contributed by atoms with Gasteiger partial charge in [-0.2, -0.15) is 0 Å². The molecule has 0 radical (unpaired) electrons. The lowest BCUT2D eigenvalue weighted by Gasteiger charge is -2.27. The largest absolute Gasteiger partial charge is 0.336 e. The fraction of sp³-hybridized carbons (Fsp3) is 0.579. The Bertz CT molecular complexity index is 613. The van der Waals surface area contributed by atoms with Gasteiger partial charge in [0.15, 0.2) is 5.12 Å². The lowest BCUT2D eigenvalue weighted by Crippen LogP contribution is -2.29. The Hall–Kier alpha value is -1.29. The summed E-state index contributed by atoms with van der Waals surface area (Å²) in [6, 6.07) is 6.88. The second-order valence-electron chi connectivity index (χ2n) is 6.83. The first-order valence-corrected chi connectivity index (χ1v) is 9.57. The molecule has 1 aliphatic heterocycles. The van der Waals surface area contributed by atoms with Gasteiger partial charge in [0.1, 0.15) is 0 Å². The Kier molecular flexibility index (Phi) is 5.10. The highest BCUT2D eigenvalue weighted by atomic mass is 32.2. The molecule has 0 N–H and O–H groups in total. The molecule has 2 aliphatic rings. The lowest BCUT2D eigenvalue weighted by molar-refractivity contribution is -0.129. The molecule has 1 amide bonds. The zero-order chi connectivity index (χ0) is 16.4. The fourth-order valence-electron chi connectivity index (χ4n) is 3.72. The molecule has 0 saturated carbocycles. The molecule has 1 aliphatic carbocycles. The standard InChI is InChI=1S/C19H25NO2S/c1-13(17-8-7-16-5-3-4-6-18(16)10-17)20-11-15(9-19(20)22)12-23-14(2)21/h7-8,10,13,15H,3-6,9,11-12H2,1-2H3. The zero-order valence-electron chi connectivity index (χ0n) is 14.0. The van der Waals surface area contributed by atoms with E-state index in [-0.39, 0.29) is 17.1 Å². The summed E-state index contributed by atoms with van der Waals surface area (Å²) in [6.07, 6.45) is 5.51. The average Bonchev–Trinajstić information content (AvgIpc) is 2.92. The van der Waals surface area contributed by atoms with Crippen molar-refractivity contribution in [3.8, 4) is 0 Å². The summed E-state index contributed by atoms with van der Waals surface area (Å²) in [4.78, 5) is 25.5. The van der Waals surface area contributed by atoms with Crippen LogP contribution in [0.15, 0.2) is 18.2 Å². The SMILES string of the molecule is CC(=O)SCC1CC(=O)N(C(C)c2ccc3c(c2)CCCC3)C1. The Morgan fingerprint density at radius 1 is 1.30 bits per heavy atom. The first-order valence-electron chi connectivity index (χ1n) is 8.59. The summed E-state index contributed by atoms with van der Waals surface area (Å²) in [5.41, 5.74) is 4.20. The maximum Gasteiger partial charge on any atom is 0.223 e. The minimum atomic E-state index is 0.127. The highest BCUT2D eigenvalue weighted by Crippen LogP contribution is 2.32. The van der Waals surface area contributed by atoms with Gasteiger partial charge in [-0.05, 0) is 55.2 Å². The zero-order valence-corrected chi connectivity index (χ0v) is 14.8. The summed E-state index contributed by atoms with van der Waals surface area (Å²) < 4.78 is 0. The predicted molar refractivity (Wildman–Crippen MR) is 94.5 cm³/mol. The van der Waals surface area contributed by atoms with E-state index in [9.17, 15) is 9.59 Å². The molecule has 1 saturated heterocycles. The van der Waals surface area contributed by atoms with Crippen LogP contribution in [-0.2, 0) is 22.4 Å². The molecular weight excluding hydrogens is 306 g/mol. The van der Waals surface area contributed by atoms with Crippen LogP contribution in [0.2, 0.25) is 0 Å². The van der Waals surface area contributed by atoms with Crippen LogP contribution in [0.5, 0.6) is 0 Å². The van der Waals surface area contributed by atoms with E-state index in [1.165, 1.54) is 54.1 Å². The van der Waals surface area contributed by atoms with Crippen molar-refractivity contribution in [2.75, 3.05) is 12.3 Å². The van der Waals surface area contributed by atoms with Gasteiger partial charge in [0, 0.05) is 25.6 Å². The van der Waals surface area contributed by atoms with E-state index in [2.05, 4.69) is 25.1 Å². The van der Waals surface area contributed by atoms with E-state index in [0.29, 0.717) is 12.3 Å². The van der Waals surface area contributed by atoms with Crippen molar-refractivity contribution < 1.29 is 9.59 Å². The molecular formula is C19H25NO2S. The number of carbonyl (C=O) groups excluding carboxylic acids is 2. The van der Waals surface area contributed by atoms with Gasteiger partial charge in [-0.3, -0.25) is 9.59 Å². The maximum absolute atomic E-state index is 12.4. The van der Waals surface area contributed by atoms with Crippen LogP contribution < -0.4 is 0 Å². The second kappa shape index (κ2) is 7.08. The van der Waals surface area contributed by atoms with Gasteiger partial charge in [0.25, 0.3) is 0 Å². The number of nitrogens with zero attached hydrogens (tertiary/aromatic N) is 1. The van der Waals surface area contributed by atoms with Crippen molar-refractivity contribution in [2.45, 2.75) is 52.0 Å². The Morgan fingerprint density at radius 3 is 2.78 bits per heavy atom. The van der Waals surface area contributed by atoms with Crippen molar-refractivity contribution in [2.24, 2.45) is 5.92 Å². The molecule has 124 valence electrons. The number of benzene rings is 1. The molecule has 3 rings (SSSR count). The number of hydrogen-bond donors (Lipinski definition) is 0. The molecule has 0 bridgehead atoms. The van der Waals surface area contributed by atoms with Gasteiger partial charge < -0.3 is 4.90 Å². The smallest absolute Gasteiger partial charge is 0.223 e. The number of likely N-dealkylation sites (tertiary alicyclic amines) is 1. The molecule has 1 fully saturated rings. The average molecular weight is 331 g/mol. The first kappa shape index (κ1) is 16.6. The van der Waals surface area contributed by atoms with Crippen molar-refractivity contribution in [1.82, 2.24) is 4.90 Å². The Labute approximate surface area is 142 Å². The third kappa shape index (κ3) is 3.79. The van der Waals surface area contributed by atoms with Crippen LogP contribution in [0.25, 0.3) is 0 Å². The minimum absolute atomic E-state index is 0.127. The van der Waals surface area contributed by atoms with Crippen LogP contribution in [0, 0.1) is 5.92 Å². The third-order valence-electron chi connectivity index (χ3n) is 5.08. The summed E-state index contributed by atoms with van der Waals surface area (Å²) in [5, 5.41) is 0.138. The second-order valence-corrected chi connectivity index (χ2v) is 8.03. The van der Waals surface area contributed by atoms with Crippen LogP contribution in [-0.4, -0.2) is 28.2 Å². The molecule has 2 unspecified atom stereocenters. The van der Waals surface area contributed by atoms with Crippen molar-refractivity contribution in [3.63, 3.8) is 0 Å². The number of amides is 1. The van der Waals surface area contributed by atoms with Crippen LogP contribution in [0.4, 0.5) is 0 Å². The Morgan fingerprint density at radius 2 is 2.04 bits per heavy atom. The molecule has 2 atom stereocenters. The van der Waals surface area contributed by atoms with Gasteiger partial charge in [0.2, 0.25) is 5.91 Å². The first-order chi connectivity index (χ1) is 11.0. The molecule has 1 heterocycles. The maximum atomic E-state index is 12.4. The Balaban J connectivity index is 1.69. The molecule has 23 heavy (non-hydrogen) atoms. The van der Waals surface area contributed by atoms with Gasteiger partial charge in [0.05, 0.1) is 6.04 Å². The fourth-order valence-corrected chi connectivity index (χ4v) is 4.42. The summed E-state index contributed by atoms with van der Waals surface area (Å²) >= 11 is 1.34. The van der Waals surface area contributed by atoms with Crippen molar-refractivity contribution >= 4 is 22.8 Å². The number of rotatable bonds is 4. The lowest BCUT2D eigenvalue weighted by atomic mass is 9.89. The molecule has 3 nitrogen and oxygen atoms in total. The van der Waals surface area contributed by atoms with Crippen LogP contribution >= 0.6 is 11.8 Å². The summed E-state index contributed by atoms with van der Waals surface area (Å²) in [7, 11) is 0. The van der Waals surface area contributed by atoms with E-state index < -0.39 is 0 Å². The quantitative estimate of drug-likeness (QED) is 0.843.